The Morgan fingerprint density at radius 3 is 2.75 bits per heavy atom. The van der Waals surface area contributed by atoms with Gasteiger partial charge in [0.1, 0.15) is 0 Å². The fourth-order valence-corrected chi connectivity index (χ4v) is 2.27. The normalized spacial score (nSPS) is 10.4. The van der Waals surface area contributed by atoms with E-state index < -0.39 is 0 Å². The van der Waals surface area contributed by atoms with E-state index in [0.717, 1.165) is 11.2 Å². The molecule has 2 heterocycles. The standard InChI is InChI=1S/C11H9NO3S/c1-6-11(15-5-12-6)10(14)9-3-8(4-13)16-7(9)2/h3-5H,1-2H3. The number of hydrogen-bond donors (Lipinski definition) is 0. The van der Waals surface area contributed by atoms with Gasteiger partial charge in [-0.3, -0.25) is 9.59 Å². The van der Waals surface area contributed by atoms with Crippen LogP contribution in [0.2, 0.25) is 0 Å². The topological polar surface area (TPSA) is 60.2 Å². The predicted molar refractivity (Wildman–Crippen MR) is 59.1 cm³/mol. The Balaban J connectivity index is 2.45. The Morgan fingerprint density at radius 2 is 2.25 bits per heavy atom. The molecule has 0 radical (unpaired) electrons. The smallest absolute Gasteiger partial charge is 0.231 e. The van der Waals surface area contributed by atoms with E-state index in [1.807, 2.05) is 0 Å². The number of ketones is 1. The van der Waals surface area contributed by atoms with Crippen molar-refractivity contribution in [1.82, 2.24) is 4.98 Å². The van der Waals surface area contributed by atoms with Crippen LogP contribution < -0.4 is 0 Å². The highest BCUT2D eigenvalue weighted by molar-refractivity contribution is 7.14. The van der Waals surface area contributed by atoms with Gasteiger partial charge in [0.25, 0.3) is 0 Å². The monoisotopic (exact) mass is 235 g/mol. The van der Waals surface area contributed by atoms with Crippen LogP contribution in [0.1, 0.15) is 36.4 Å². The first-order chi connectivity index (χ1) is 7.63. The minimum Gasteiger partial charge on any atom is -0.440 e. The molecule has 0 amide bonds. The molecular formula is C11H9NO3S. The SMILES string of the molecule is Cc1ncoc1C(=O)c1cc(C=O)sc1C. The van der Waals surface area contributed by atoms with Crippen molar-refractivity contribution < 1.29 is 14.0 Å². The van der Waals surface area contributed by atoms with E-state index in [4.69, 9.17) is 4.42 Å². The van der Waals surface area contributed by atoms with Crippen molar-refractivity contribution in [3.63, 3.8) is 0 Å². The molecule has 0 fully saturated rings. The molecule has 0 bridgehead atoms. The summed E-state index contributed by atoms with van der Waals surface area (Å²) in [5, 5.41) is 0. The van der Waals surface area contributed by atoms with Gasteiger partial charge in [-0.15, -0.1) is 11.3 Å². The second-order valence-corrected chi connectivity index (χ2v) is 4.62. The second kappa shape index (κ2) is 4.02. The van der Waals surface area contributed by atoms with Gasteiger partial charge in [0, 0.05) is 10.4 Å². The van der Waals surface area contributed by atoms with Crippen LogP contribution >= 0.6 is 11.3 Å². The molecule has 2 aromatic rings. The number of thiophene rings is 1. The minimum atomic E-state index is -0.225. The molecule has 0 aliphatic heterocycles. The van der Waals surface area contributed by atoms with Crippen LogP contribution in [0.4, 0.5) is 0 Å². The highest BCUT2D eigenvalue weighted by Crippen LogP contribution is 2.23. The molecule has 82 valence electrons. The summed E-state index contributed by atoms with van der Waals surface area (Å²) in [5.74, 6) is 0.00944. The highest BCUT2D eigenvalue weighted by atomic mass is 32.1. The summed E-state index contributed by atoms with van der Waals surface area (Å²) in [6.07, 6.45) is 1.98. The minimum absolute atomic E-state index is 0.225. The van der Waals surface area contributed by atoms with Crippen molar-refractivity contribution in [2.24, 2.45) is 0 Å². The lowest BCUT2D eigenvalue weighted by Gasteiger charge is -1.95. The maximum Gasteiger partial charge on any atom is 0.231 e. The molecule has 16 heavy (non-hydrogen) atoms. The third-order valence-electron chi connectivity index (χ3n) is 2.25. The number of carbonyl (C=O) groups excluding carboxylic acids is 2. The molecule has 0 spiro atoms. The van der Waals surface area contributed by atoms with Gasteiger partial charge in [-0.2, -0.15) is 0 Å². The lowest BCUT2D eigenvalue weighted by Crippen LogP contribution is -2.01. The van der Waals surface area contributed by atoms with Gasteiger partial charge in [-0.1, -0.05) is 0 Å². The number of oxazole rings is 1. The van der Waals surface area contributed by atoms with Crippen LogP contribution in [0.25, 0.3) is 0 Å². The molecule has 0 saturated heterocycles. The van der Waals surface area contributed by atoms with Crippen LogP contribution in [0.15, 0.2) is 16.9 Å². The molecule has 0 atom stereocenters. The number of carbonyl (C=O) groups is 2. The molecule has 0 aliphatic rings. The van der Waals surface area contributed by atoms with E-state index >= 15 is 0 Å². The molecule has 0 N–H and O–H groups in total. The lowest BCUT2D eigenvalue weighted by molar-refractivity contribution is 0.101. The molecule has 0 aromatic carbocycles. The largest absolute Gasteiger partial charge is 0.440 e. The second-order valence-electron chi connectivity index (χ2n) is 3.33. The average molecular weight is 235 g/mol. The fraction of sp³-hybridized carbons (Fsp3) is 0.182. The zero-order valence-electron chi connectivity index (χ0n) is 8.81. The highest BCUT2D eigenvalue weighted by Gasteiger charge is 2.20. The average Bonchev–Trinajstić information content (AvgIpc) is 2.83. The van der Waals surface area contributed by atoms with Crippen LogP contribution in [-0.4, -0.2) is 17.1 Å². The number of aryl methyl sites for hydroxylation is 2. The Labute approximate surface area is 95.9 Å². The summed E-state index contributed by atoms with van der Waals surface area (Å²) in [5.41, 5.74) is 1.07. The van der Waals surface area contributed by atoms with Crippen molar-refractivity contribution in [1.29, 1.82) is 0 Å². The fourth-order valence-electron chi connectivity index (χ4n) is 1.43. The van der Waals surface area contributed by atoms with Gasteiger partial charge in [0.2, 0.25) is 5.78 Å². The Morgan fingerprint density at radius 1 is 1.50 bits per heavy atom. The summed E-state index contributed by atoms with van der Waals surface area (Å²) in [4.78, 5) is 27.9. The van der Waals surface area contributed by atoms with E-state index in [1.54, 1.807) is 19.9 Å². The van der Waals surface area contributed by atoms with Gasteiger partial charge >= 0.3 is 0 Å². The summed E-state index contributed by atoms with van der Waals surface area (Å²) in [7, 11) is 0. The summed E-state index contributed by atoms with van der Waals surface area (Å²) >= 11 is 1.29. The van der Waals surface area contributed by atoms with Crippen molar-refractivity contribution in [3.05, 3.63) is 39.2 Å². The van der Waals surface area contributed by atoms with E-state index in [-0.39, 0.29) is 11.5 Å². The first kappa shape index (κ1) is 10.8. The van der Waals surface area contributed by atoms with Gasteiger partial charge < -0.3 is 4.42 Å². The van der Waals surface area contributed by atoms with E-state index in [2.05, 4.69) is 4.98 Å². The van der Waals surface area contributed by atoms with Gasteiger partial charge in [0.15, 0.2) is 18.4 Å². The molecule has 0 saturated carbocycles. The van der Waals surface area contributed by atoms with E-state index in [1.165, 1.54) is 17.7 Å². The zero-order chi connectivity index (χ0) is 11.7. The van der Waals surface area contributed by atoms with Crippen LogP contribution in [0.5, 0.6) is 0 Å². The van der Waals surface area contributed by atoms with Crippen LogP contribution in [0, 0.1) is 13.8 Å². The maximum absolute atomic E-state index is 12.0. The number of hydrogen-bond acceptors (Lipinski definition) is 5. The molecule has 2 aromatic heterocycles. The maximum atomic E-state index is 12.0. The summed E-state index contributed by atoms with van der Waals surface area (Å²) in [6, 6.07) is 1.58. The third kappa shape index (κ3) is 1.69. The van der Waals surface area contributed by atoms with Gasteiger partial charge in [-0.05, 0) is 19.9 Å². The number of aldehydes is 1. The Kier molecular flexibility index (Phi) is 2.70. The van der Waals surface area contributed by atoms with Crippen LogP contribution in [-0.2, 0) is 0 Å². The van der Waals surface area contributed by atoms with Gasteiger partial charge in [-0.25, -0.2) is 4.98 Å². The molecule has 0 unspecified atom stereocenters. The Bertz CT molecular complexity index is 553. The number of rotatable bonds is 3. The molecule has 4 nitrogen and oxygen atoms in total. The van der Waals surface area contributed by atoms with E-state index in [9.17, 15) is 9.59 Å². The molecule has 5 heteroatoms. The summed E-state index contributed by atoms with van der Waals surface area (Å²) in [6.45, 7) is 3.51. The third-order valence-corrected chi connectivity index (χ3v) is 3.23. The lowest BCUT2D eigenvalue weighted by atomic mass is 10.1. The van der Waals surface area contributed by atoms with Crippen molar-refractivity contribution in [3.8, 4) is 0 Å². The molecule has 0 aliphatic carbocycles. The zero-order valence-corrected chi connectivity index (χ0v) is 9.63. The van der Waals surface area contributed by atoms with Crippen molar-refractivity contribution in [2.45, 2.75) is 13.8 Å². The van der Waals surface area contributed by atoms with Crippen molar-refractivity contribution in [2.75, 3.05) is 0 Å². The van der Waals surface area contributed by atoms with E-state index in [0.29, 0.717) is 16.1 Å². The van der Waals surface area contributed by atoms with Crippen LogP contribution in [0.3, 0.4) is 0 Å². The predicted octanol–water partition coefficient (Wildman–Crippen LogP) is 2.40. The Hall–Kier alpha value is -1.75. The summed E-state index contributed by atoms with van der Waals surface area (Å²) < 4.78 is 5.03. The first-order valence-electron chi connectivity index (χ1n) is 4.64. The first-order valence-corrected chi connectivity index (χ1v) is 5.45. The molecule has 2 rings (SSSR count). The van der Waals surface area contributed by atoms with Crippen molar-refractivity contribution >= 4 is 23.4 Å². The number of nitrogens with zero attached hydrogens (tertiary/aromatic N) is 1. The quantitative estimate of drug-likeness (QED) is 0.605. The van der Waals surface area contributed by atoms with Gasteiger partial charge in [0.05, 0.1) is 10.6 Å². The molecular weight excluding hydrogens is 226 g/mol. The number of aromatic nitrogens is 1.